The second kappa shape index (κ2) is 10.5. The van der Waals surface area contributed by atoms with Gasteiger partial charge in [0.15, 0.2) is 0 Å². The maximum absolute atomic E-state index is 12.8. The van der Waals surface area contributed by atoms with Crippen molar-refractivity contribution in [3.05, 3.63) is 0 Å². The molecule has 8 nitrogen and oxygen atoms in total. The first-order valence-corrected chi connectivity index (χ1v) is 8.88. The number of rotatable bonds is 6. The molecule has 0 aliphatic carbocycles. The summed E-state index contributed by atoms with van der Waals surface area (Å²) in [7, 11) is 0. The van der Waals surface area contributed by atoms with Gasteiger partial charge in [-0.15, -0.1) is 12.4 Å². The topological polar surface area (TPSA) is 108 Å². The molecule has 2 heterocycles. The number of hydrogen-bond donors (Lipinski definition) is 3. The molecule has 2 rings (SSSR count). The van der Waals surface area contributed by atoms with E-state index in [9.17, 15) is 14.4 Å². The van der Waals surface area contributed by atoms with E-state index in [0.717, 1.165) is 32.2 Å². The first-order chi connectivity index (χ1) is 11.5. The average molecular weight is 376 g/mol. The minimum atomic E-state index is -0.671. The van der Waals surface area contributed by atoms with E-state index in [-0.39, 0.29) is 30.3 Å². The van der Waals surface area contributed by atoms with Gasteiger partial charge in [-0.05, 0) is 19.3 Å². The Kier molecular flexibility index (Phi) is 8.99. The number of piperidine rings is 1. The standard InChI is InChI=1S/C16H29N5O3.ClH/c1-2-3-6-13(19-16(17)24)15(23)20-8-4-5-12(11-20)21-9-7-18-10-14(21)22;/h12-13,18H,2-11H2,1H3,(H3,17,19,24);1H. The molecule has 9 heteroatoms. The van der Waals surface area contributed by atoms with Crippen molar-refractivity contribution in [2.45, 2.75) is 51.1 Å². The fraction of sp³-hybridized carbons (Fsp3) is 0.812. The second-order valence-corrected chi connectivity index (χ2v) is 6.55. The largest absolute Gasteiger partial charge is 0.352 e. The molecule has 2 saturated heterocycles. The van der Waals surface area contributed by atoms with Gasteiger partial charge in [0.25, 0.3) is 0 Å². The van der Waals surface area contributed by atoms with E-state index >= 15 is 0 Å². The van der Waals surface area contributed by atoms with E-state index < -0.39 is 12.1 Å². The van der Waals surface area contributed by atoms with Gasteiger partial charge in [-0.25, -0.2) is 4.79 Å². The number of amides is 4. The molecular formula is C16H30ClN5O3. The number of primary amides is 1. The summed E-state index contributed by atoms with van der Waals surface area (Å²) in [6.45, 7) is 5.08. The fourth-order valence-corrected chi connectivity index (χ4v) is 3.47. The molecule has 2 aliphatic heterocycles. The van der Waals surface area contributed by atoms with Gasteiger partial charge < -0.3 is 26.2 Å². The molecule has 0 saturated carbocycles. The number of nitrogens with one attached hydrogen (secondary N) is 2. The Morgan fingerprint density at radius 3 is 2.80 bits per heavy atom. The summed E-state index contributed by atoms with van der Waals surface area (Å²) in [5.74, 6) is 0.00729. The van der Waals surface area contributed by atoms with Gasteiger partial charge in [0.2, 0.25) is 11.8 Å². The third kappa shape index (κ3) is 6.04. The van der Waals surface area contributed by atoms with Crippen LogP contribution in [-0.2, 0) is 9.59 Å². The van der Waals surface area contributed by atoms with Gasteiger partial charge in [0.05, 0.1) is 6.54 Å². The maximum atomic E-state index is 12.8. The predicted octanol–water partition coefficient (Wildman–Crippen LogP) is 0.0581. The van der Waals surface area contributed by atoms with Crippen LogP contribution in [0.3, 0.4) is 0 Å². The Balaban J connectivity index is 0.00000312. The molecule has 0 bridgehead atoms. The van der Waals surface area contributed by atoms with Gasteiger partial charge in [0, 0.05) is 32.2 Å². The number of hydrogen-bond acceptors (Lipinski definition) is 4. The summed E-state index contributed by atoms with van der Waals surface area (Å²) in [6, 6.07) is -1.17. The number of carbonyl (C=O) groups excluding carboxylic acids is 3. The monoisotopic (exact) mass is 375 g/mol. The number of likely N-dealkylation sites (tertiary alicyclic amines) is 1. The van der Waals surface area contributed by atoms with Crippen LogP contribution in [0.25, 0.3) is 0 Å². The number of carbonyl (C=O) groups is 3. The Labute approximate surface area is 155 Å². The zero-order valence-electron chi connectivity index (χ0n) is 14.8. The van der Waals surface area contributed by atoms with E-state index in [1.165, 1.54) is 0 Å². The van der Waals surface area contributed by atoms with Gasteiger partial charge in [0.1, 0.15) is 6.04 Å². The quantitative estimate of drug-likeness (QED) is 0.610. The van der Waals surface area contributed by atoms with Crippen LogP contribution in [0.2, 0.25) is 0 Å². The Morgan fingerprint density at radius 1 is 1.40 bits per heavy atom. The van der Waals surface area contributed by atoms with Gasteiger partial charge in [-0.3, -0.25) is 9.59 Å². The van der Waals surface area contributed by atoms with Crippen LogP contribution in [0, 0.1) is 0 Å². The van der Waals surface area contributed by atoms with Crippen molar-refractivity contribution in [2.75, 3.05) is 32.7 Å². The number of unbranched alkanes of at least 4 members (excludes halogenated alkanes) is 1. The molecule has 0 radical (unpaired) electrons. The molecule has 0 aromatic carbocycles. The minimum Gasteiger partial charge on any atom is -0.352 e. The van der Waals surface area contributed by atoms with Gasteiger partial charge >= 0.3 is 6.03 Å². The molecule has 0 spiro atoms. The van der Waals surface area contributed by atoms with E-state index in [2.05, 4.69) is 10.6 Å². The predicted molar refractivity (Wildman–Crippen MR) is 97.5 cm³/mol. The van der Waals surface area contributed by atoms with Crippen LogP contribution >= 0.6 is 12.4 Å². The lowest BCUT2D eigenvalue weighted by molar-refractivity contribution is -0.141. The number of piperazine rings is 1. The highest BCUT2D eigenvalue weighted by atomic mass is 35.5. The second-order valence-electron chi connectivity index (χ2n) is 6.55. The third-order valence-electron chi connectivity index (χ3n) is 4.74. The highest BCUT2D eigenvalue weighted by Gasteiger charge is 2.33. The molecule has 0 aromatic rings. The van der Waals surface area contributed by atoms with E-state index in [1.807, 2.05) is 11.8 Å². The Bertz CT molecular complexity index is 477. The van der Waals surface area contributed by atoms with Crippen molar-refractivity contribution < 1.29 is 14.4 Å². The zero-order valence-corrected chi connectivity index (χ0v) is 15.6. The van der Waals surface area contributed by atoms with Crippen LogP contribution in [0.15, 0.2) is 0 Å². The van der Waals surface area contributed by atoms with Crippen LogP contribution in [-0.4, -0.2) is 72.5 Å². The summed E-state index contributed by atoms with van der Waals surface area (Å²) < 4.78 is 0. The van der Waals surface area contributed by atoms with Crippen molar-refractivity contribution in [1.82, 2.24) is 20.4 Å². The minimum absolute atomic E-state index is 0. The van der Waals surface area contributed by atoms with E-state index in [4.69, 9.17) is 5.73 Å². The lowest BCUT2D eigenvalue weighted by atomic mass is 10.0. The summed E-state index contributed by atoms with van der Waals surface area (Å²) in [5, 5.41) is 5.64. The van der Waals surface area contributed by atoms with Gasteiger partial charge in [-0.2, -0.15) is 0 Å². The van der Waals surface area contributed by atoms with Crippen molar-refractivity contribution in [3.8, 4) is 0 Å². The third-order valence-corrected chi connectivity index (χ3v) is 4.74. The summed E-state index contributed by atoms with van der Waals surface area (Å²) in [4.78, 5) is 39.7. The normalized spacial score (nSPS) is 22.1. The maximum Gasteiger partial charge on any atom is 0.312 e. The van der Waals surface area contributed by atoms with Crippen molar-refractivity contribution in [2.24, 2.45) is 5.73 Å². The molecule has 0 aromatic heterocycles. The summed E-state index contributed by atoms with van der Waals surface area (Å²) in [5.41, 5.74) is 5.21. The molecule has 4 amide bonds. The summed E-state index contributed by atoms with van der Waals surface area (Å²) in [6.07, 6.45) is 4.17. The number of urea groups is 1. The SMILES string of the molecule is CCCCC(NC(N)=O)C(=O)N1CCCC(N2CCNCC2=O)C1.Cl. The lowest BCUT2D eigenvalue weighted by Crippen LogP contribution is -2.59. The number of halogens is 1. The molecule has 25 heavy (non-hydrogen) atoms. The number of nitrogens with zero attached hydrogens (tertiary/aromatic N) is 2. The average Bonchev–Trinajstić information content (AvgIpc) is 2.58. The van der Waals surface area contributed by atoms with Crippen LogP contribution in [0.5, 0.6) is 0 Å². The highest BCUT2D eigenvalue weighted by Crippen LogP contribution is 2.18. The molecule has 2 fully saturated rings. The molecule has 2 unspecified atom stereocenters. The van der Waals surface area contributed by atoms with Crippen LogP contribution < -0.4 is 16.4 Å². The van der Waals surface area contributed by atoms with Crippen molar-refractivity contribution in [1.29, 1.82) is 0 Å². The molecular weight excluding hydrogens is 346 g/mol. The van der Waals surface area contributed by atoms with Crippen LogP contribution in [0.1, 0.15) is 39.0 Å². The fourth-order valence-electron chi connectivity index (χ4n) is 3.47. The lowest BCUT2D eigenvalue weighted by Gasteiger charge is -2.41. The van der Waals surface area contributed by atoms with Crippen molar-refractivity contribution >= 4 is 30.3 Å². The molecule has 144 valence electrons. The van der Waals surface area contributed by atoms with E-state index in [1.54, 1.807) is 4.90 Å². The zero-order chi connectivity index (χ0) is 17.5. The summed E-state index contributed by atoms with van der Waals surface area (Å²) >= 11 is 0. The van der Waals surface area contributed by atoms with Gasteiger partial charge in [-0.1, -0.05) is 19.8 Å². The Morgan fingerprint density at radius 2 is 2.16 bits per heavy atom. The number of nitrogens with two attached hydrogens (primary N) is 1. The Hall–Kier alpha value is -1.54. The first kappa shape index (κ1) is 21.5. The molecule has 2 atom stereocenters. The van der Waals surface area contributed by atoms with Crippen LogP contribution in [0.4, 0.5) is 4.79 Å². The smallest absolute Gasteiger partial charge is 0.312 e. The van der Waals surface area contributed by atoms with E-state index in [0.29, 0.717) is 32.6 Å². The first-order valence-electron chi connectivity index (χ1n) is 8.88. The highest BCUT2D eigenvalue weighted by molar-refractivity contribution is 5.87. The molecule has 4 N–H and O–H groups in total. The van der Waals surface area contributed by atoms with Crippen molar-refractivity contribution in [3.63, 3.8) is 0 Å². The molecule has 2 aliphatic rings.